The summed E-state index contributed by atoms with van der Waals surface area (Å²) in [4.78, 5) is 0. The topological polar surface area (TPSA) is 33.4 Å². The van der Waals surface area contributed by atoms with Gasteiger partial charge in [-0.3, -0.25) is 0 Å². The minimum absolute atomic E-state index is 0.641. The van der Waals surface area contributed by atoms with Crippen LogP contribution < -0.4 is 0 Å². The van der Waals surface area contributed by atoms with Gasteiger partial charge in [0, 0.05) is 10.0 Å². The van der Waals surface area contributed by atoms with Crippen LogP contribution in [-0.2, 0) is 0 Å². The number of hydrogen-bond acceptors (Lipinski definition) is 2. The lowest BCUT2D eigenvalue weighted by Gasteiger charge is -2.12. The molecular formula is C12H11BrO2. The second-order valence-electron chi connectivity index (χ2n) is 3.44. The number of halogens is 1. The third-order valence-corrected chi connectivity index (χ3v) is 3.46. The molecular weight excluding hydrogens is 256 g/mol. The maximum absolute atomic E-state index is 10.1. The Hall–Kier alpha value is -1.06. The number of furan rings is 1. The Labute approximate surface area is 96.7 Å². The lowest BCUT2D eigenvalue weighted by molar-refractivity contribution is 0.218. The summed E-state index contributed by atoms with van der Waals surface area (Å²) in [5, 5.41) is 10.1. The molecule has 1 unspecified atom stereocenters. The number of aliphatic hydroxyl groups excluding tert-OH is 1. The van der Waals surface area contributed by atoms with Gasteiger partial charge in [-0.25, -0.2) is 0 Å². The van der Waals surface area contributed by atoms with Gasteiger partial charge in [-0.1, -0.05) is 34.1 Å². The molecule has 0 bridgehead atoms. The summed E-state index contributed by atoms with van der Waals surface area (Å²) in [6.45, 7) is 2.00. The van der Waals surface area contributed by atoms with Gasteiger partial charge < -0.3 is 9.52 Å². The van der Waals surface area contributed by atoms with Crippen LogP contribution in [0.5, 0.6) is 0 Å². The number of aliphatic hydroxyl groups is 1. The van der Waals surface area contributed by atoms with Crippen molar-refractivity contribution in [1.82, 2.24) is 0 Å². The van der Waals surface area contributed by atoms with Gasteiger partial charge in [0.05, 0.1) is 12.5 Å². The number of hydrogen-bond donors (Lipinski definition) is 1. The molecule has 0 fully saturated rings. The van der Waals surface area contributed by atoms with E-state index < -0.39 is 6.10 Å². The molecule has 2 nitrogen and oxygen atoms in total. The average Bonchev–Trinajstić information content (AvgIpc) is 2.74. The van der Waals surface area contributed by atoms with Gasteiger partial charge in [-0.2, -0.15) is 0 Å². The Bertz CT molecular complexity index is 449. The van der Waals surface area contributed by atoms with Gasteiger partial charge in [0.25, 0.3) is 0 Å². The van der Waals surface area contributed by atoms with E-state index in [1.807, 2.05) is 25.1 Å². The summed E-state index contributed by atoms with van der Waals surface area (Å²) in [5.74, 6) is 0. The fraction of sp³-hybridized carbons (Fsp3) is 0.167. The smallest absolute Gasteiger partial charge is 0.108 e. The maximum atomic E-state index is 10.1. The van der Waals surface area contributed by atoms with Crippen molar-refractivity contribution in [1.29, 1.82) is 0 Å². The van der Waals surface area contributed by atoms with Crippen molar-refractivity contribution in [3.63, 3.8) is 0 Å². The first-order valence-electron chi connectivity index (χ1n) is 4.65. The van der Waals surface area contributed by atoms with E-state index in [0.29, 0.717) is 0 Å². The molecule has 15 heavy (non-hydrogen) atoms. The molecule has 1 atom stereocenters. The molecule has 0 saturated carbocycles. The van der Waals surface area contributed by atoms with Crippen molar-refractivity contribution in [2.75, 3.05) is 0 Å². The predicted octanol–water partition coefficient (Wildman–Crippen LogP) is 3.43. The lowest BCUT2D eigenvalue weighted by atomic mass is 10.0. The fourth-order valence-corrected chi connectivity index (χ4v) is 1.97. The maximum Gasteiger partial charge on any atom is 0.108 e. The monoisotopic (exact) mass is 266 g/mol. The summed E-state index contributed by atoms with van der Waals surface area (Å²) in [5.41, 5.74) is 2.73. The molecule has 2 aromatic rings. The average molecular weight is 267 g/mol. The second-order valence-corrected chi connectivity index (χ2v) is 4.23. The van der Waals surface area contributed by atoms with Crippen LogP contribution in [0.25, 0.3) is 0 Å². The first kappa shape index (κ1) is 10.5. The molecule has 0 saturated heterocycles. The molecule has 0 radical (unpaired) electrons. The normalized spacial score (nSPS) is 12.7. The zero-order chi connectivity index (χ0) is 10.8. The molecule has 3 heteroatoms. The van der Waals surface area contributed by atoms with Crippen LogP contribution >= 0.6 is 15.9 Å². The number of benzene rings is 1. The van der Waals surface area contributed by atoms with Crippen molar-refractivity contribution < 1.29 is 9.52 Å². The van der Waals surface area contributed by atoms with E-state index in [2.05, 4.69) is 15.9 Å². The molecule has 1 N–H and O–H groups in total. The molecule has 0 aliphatic carbocycles. The van der Waals surface area contributed by atoms with Crippen molar-refractivity contribution in [2.45, 2.75) is 13.0 Å². The summed E-state index contributed by atoms with van der Waals surface area (Å²) in [7, 11) is 0. The Morgan fingerprint density at radius 3 is 2.80 bits per heavy atom. The Kier molecular flexibility index (Phi) is 2.93. The van der Waals surface area contributed by atoms with Crippen LogP contribution in [0.3, 0.4) is 0 Å². The van der Waals surface area contributed by atoms with E-state index in [1.165, 1.54) is 0 Å². The van der Waals surface area contributed by atoms with Crippen LogP contribution in [0.15, 0.2) is 45.7 Å². The van der Waals surface area contributed by atoms with E-state index in [-0.39, 0.29) is 0 Å². The van der Waals surface area contributed by atoms with E-state index in [1.54, 1.807) is 18.6 Å². The highest BCUT2D eigenvalue weighted by Gasteiger charge is 2.15. The van der Waals surface area contributed by atoms with Crippen LogP contribution in [-0.4, -0.2) is 5.11 Å². The Morgan fingerprint density at radius 2 is 2.13 bits per heavy atom. The zero-order valence-corrected chi connectivity index (χ0v) is 9.86. The molecule has 0 spiro atoms. The van der Waals surface area contributed by atoms with Crippen molar-refractivity contribution in [3.8, 4) is 0 Å². The predicted molar refractivity (Wildman–Crippen MR) is 61.6 cm³/mol. The molecule has 0 aliphatic heterocycles. The number of rotatable bonds is 2. The Morgan fingerprint density at radius 1 is 1.33 bits per heavy atom. The zero-order valence-electron chi connectivity index (χ0n) is 8.27. The molecule has 78 valence electrons. The van der Waals surface area contributed by atoms with Crippen molar-refractivity contribution in [2.24, 2.45) is 0 Å². The SMILES string of the molecule is Cc1cccc(C(O)c2ccoc2)c1Br. The van der Waals surface area contributed by atoms with Crippen molar-refractivity contribution >= 4 is 15.9 Å². The second kappa shape index (κ2) is 4.21. The summed E-state index contributed by atoms with van der Waals surface area (Å²) in [6.07, 6.45) is 2.47. The minimum Gasteiger partial charge on any atom is -0.472 e. The summed E-state index contributed by atoms with van der Waals surface area (Å²) in [6, 6.07) is 7.59. The first-order chi connectivity index (χ1) is 7.20. The molecule has 1 aromatic heterocycles. The van der Waals surface area contributed by atoms with Crippen LogP contribution in [0.4, 0.5) is 0 Å². The fourth-order valence-electron chi connectivity index (χ4n) is 1.49. The van der Waals surface area contributed by atoms with E-state index in [0.717, 1.165) is 21.2 Å². The summed E-state index contributed by atoms with van der Waals surface area (Å²) >= 11 is 3.48. The van der Waals surface area contributed by atoms with Crippen LogP contribution in [0.1, 0.15) is 22.8 Å². The van der Waals surface area contributed by atoms with Gasteiger partial charge >= 0.3 is 0 Å². The molecule has 1 aromatic carbocycles. The molecule has 0 amide bonds. The van der Waals surface area contributed by atoms with E-state index in [9.17, 15) is 5.11 Å². The van der Waals surface area contributed by atoms with Crippen molar-refractivity contribution in [3.05, 3.63) is 58.0 Å². The largest absolute Gasteiger partial charge is 0.472 e. The first-order valence-corrected chi connectivity index (χ1v) is 5.44. The highest BCUT2D eigenvalue weighted by Crippen LogP contribution is 2.30. The molecule has 0 aliphatic rings. The van der Waals surface area contributed by atoms with Gasteiger partial charge in [0.2, 0.25) is 0 Å². The van der Waals surface area contributed by atoms with Gasteiger partial charge in [0.15, 0.2) is 0 Å². The van der Waals surface area contributed by atoms with Gasteiger partial charge in [-0.15, -0.1) is 0 Å². The van der Waals surface area contributed by atoms with E-state index >= 15 is 0 Å². The van der Waals surface area contributed by atoms with Gasteiger partial charge in [0.1, 0.15) is 6.10 Å². The third kappa shape index (κ3) is 1.98. The quantitative estimate of drug-likeness (QED) is 0.904. The third-order valence-electron chi connectivity index (χ3n) is 2.38. The number of aryl methyl sites for hydroxylation is 1. The lowest BCUT2D eigenvalue weighted by Crippen LogP contribution is -1.99. The molecule has 2 rings (SSSR count). The highest BCUT2D eigenvalue weighted by atomic mass is 79.9. The van der Waals surface area contributed by atoms with Gasteiger partial charge in [-0.05, 0) is 24.1 Å². The Balaban J connectivity index is 2.42. The van der Waals surface area contributed by atoms with Crippen LogP contribution in [0, 0.1) is 6.92 Å². The summed E-state index contributed by atoms with van der Waals surface area (Å²) < 4.78 is 5.90. The van der Waals surface area contributed by atoms with Crippen LogP contribution in [0.2, 0.25) is 0 Å². The molecule has 1 heterocycles. The standard InChI is InChI=1S/C12H11BrO2/c1-8-3-2-4-10(11(8)13)12(14)9-5-6-15-7-9/h2-7,12,14H,1H3. The van der Waals surface area contributed by atoms with E-state index in [4.69, 9.17) is 4.42 Å². The highest BCUT2D eigenvalue weighted by molar-refractivity contribution is 9.10. The minimum atomic E-state index is -0.641.